The summed E-state index contributed by atoms with van der Waals surface area (Å²) in [5, 5.41) is 11.1. The van der Waals surface area contributed by atoms with Gasteiger partial charge in [-0.15, -0.1) is 5.10 Å². The Morgan fingerprint density at radius 1 is 1.23 bits per heavy atom. The van der Waals surface area contributed by atoms with Gasteiger partial charge in [-0.05, 0) is 34.2 Å². The molecule has 0 aliphatic heterocycles. The van der Waals surface area contributed by atoms with Gasteiger partial charge in [0.15, 0.2) is 0 Å². The first-order valence-electron chi connectivity index (χ1n) is 6.72. The van der Waals surface area contributed by atoms with Crippen LogP contribution in [-0.4, -0.2) is 43.0 Å². The fourth-order valence-electron chi connectivity index (χ4n) is 2.17. The molecule has 1 amide bonds. The Hall–Kier alpha value is -3.09. The van der Waals surface area contributed by atoms with Crippen molar-refractivity contribution in [1.29, 1.82) is 0 Å². The quantitative estimate of drug-likeness (QED) is 0.725. The van der Waals surface area contributed by atoms with Gasteiger partial charge >= 0.3 is 0 Å². The maximum absolute atomic E-state index is 12.7. The van der Waals surface area contributed by atoms with Gasteiger partial charge in [0.05, 0.1) is 11.3 Å². The number of pyridine rings is 1. The van der Waals surface area contributed by atoms with Crippen LogP contribution in [0.15, 0.2) is 55.1 Å². The number of para-hydroxylation sites is 1. The van der Waals surface area contributed by atoms with Gasteiger partial charge in [0.25, 0.3) is 5.91 Å². The maximum atomic E-state index is 12.7. The normalized spacial score (nSPS) is 10.4. The lowest BCUT2D eigenvalue weighted by Gasteiger charge is -2.18. The second-order valence-electron chi connectivity index (χ2n) is 4.79. The molecule has 0 aliphatic carbocycles. The van der Waals surface area contributed by atoms with Gasteiger partial charge in [-0.2, -0.15) is 4.68 Å². The summed E-state index contributed by atoms with van der Waals surface area (Å²) in [5.74, 6) is -0.102. The van der Waals surface area contributed by atoms with Gasteiger partial charge in [-0.1, -0.05) is 18.2 Å². The Kier molecular flexibility index (Phi) is 3.86. The fourth-order valence-corrected chi connectivity index (χ4v) is 2.17. The SMILES string of the molecule is CN(Cc1cccnc1)C(=O)c1ccccc1-n1cnnn1. The van der Waals surface area contributed by atoms with Gasteiger partial charge in [0.2, 0.25) is 0 Å². The molecule has 0 bridgehead atoms. The number of nitrogens with zero attached hydrogens (tertiary/aromatic N) is 6. The summed E-state index contributed by atoms with van der Waals surface area (Å²) in [6.45, 7) is 0.483. The third-order valence-electron chi connectivity index (χ3n) is 3.22. The van der Waals surface area contributed by atoms with Crippen molar-refractivity contribution in [1.82, 2.24) is 30.1 Å². The van der Waals surface area contributed by atoms with Gasteiger partial charge in [-0.3, -0.25) is 9.78 Å². The Morgan fingerprint density at radius 3 is 2.82 bits per heavy atom. The van der Waals surface area contributed by atoms with Crippen LogP contribution in [0.5, 0.6) is 0 Å². The third kappa shape index (κ3) is 2.83. The number of carbonyl (C=O) groups excluding carboxylic acids is 1. The molecular formula is C15H14N6O. The zero-order valence-electron chi connectivity index (χ0n) is 12.0. The van der Waals surface area contributed by atoms with Crippen molar-refractivity contribution in [3.05, 3.63) is 66.2 Å². The lowest BCUT2D eigenvalue weighted by molar-refractivity contribution is 0.0785. The number of amides is 1. The molecule has 110 valence electrons. The third-order valence-corrected chi connectivity index (χ3v) is 3.22. The summed E-state index contributed by atoms with van der Waals surface area (Å²) in [6, 6.07) is 11.0. The molecule has 0 saturated heterocycles. The van der Waals surface area contributed by atoms with Crippen molar-refractivity contribution in [3.63, 3.8) is 0 Å². The minimum absolute atomic E-state index is 0.102. The summed E-state index contributed by atoms with van der Waals surface area (Å²) in [5.41, 5.74) is 2.16. The van der Waals surface area contributed by atoms with Crippen LogP contribution in [0.4, 0.5) is 0 Å². The zero-order valence-corrected chi connectivity index (χ0v) is 12.0. The number of rotatable bonds is 4. The average Bonchev–Trinajstić information content (AvgIpc) is 3.09. The van der Waals surface area contributed by atoms with E-state index >= 15 is 0 Å². The van der Waals surface area contributed by atoms with E-state index in [0.29, 0.717) is 17.8 Å². The van der Waals surface area contributed by atoms with Crippen LogP contribution in [0.25, 0.3) is 5.69 Å². The van der Waals surface area contributed by atoms with E-state index in [1.54, 1.807) is 30.4 Å². The average molecular weight is 294 g/mol. The van der Waals surface area contributed by atoms with Crippen LogP contribution in [0.3, 0.4) is 0 Å². The van der Waals surface area contributed by atoms with Gasteiger partial charge in [0.1, 0.15) is 6.33 Å². The number of hydrogen-bond acceptors (Lipinski definition) is 5. The van der Waals surface area contributed by atoms with E-state index in [1.807, 2.05) is 30.3 Å². The van der Waals surface area contributed by atoms with Crippen LogP contribution in [-0.2, 0) is 6.54 Å². The van der Waals surface area contributed by atoms with Crippen molar-refractivity contribution in [2.45, 2.75) is 6.54 Å². The van der Waals surface area contributed by atoms with E-state index in [1.165, 1.54) is 11.0 Å². The number of aromatic nitrogens is 5. The Balaban J connectivity index is 1.86. The Labute approximate surface area is 127 Å². The topological polar surface area (TPSA) is 76.8 Å². The first kappa shape index (κ1) is 13.9. The number of benzene rings is 1. The molecule has 7 heteroatoms. The largest absolute Gasteiger partial charge is 0.337 e. The molecule has 2 aromatic heterocycles. The zero-order chi connectivity index (χ0) is 15.4. The van der Waals surface area contributed by atoms with Gasteiger partial charge in [0, 0.05) is 26.0 Å². The van der Waals surface area contributed by atoms with Crippen LogP contribution < -0.4 is 0 Å². The molecule has 3 aromatic rings. The molecular weight excluding hydrogens is 280 g/mol. The Morgan fingerprint density at radius 2 is 2.09 bits per heavy atom. The molecule has 0 N–H and O–H groups in total. The van der Waals surface area contributed by atoms with E-state index in [4.69, 9.17) is 0 Å². The fraction of sp³-hybridized carbons (Fsp3) is 0.133. The van der Waals surface area contributed by atoms with Crippen molar-refractivity contribution < 1.29 is 4.79 Å². The molecule has 0 unspecified atom stereocenters. The summed E-state index contributed by atoms with van der Waals surface area (Å²) >= 11 is 0. The van der Waals surface area contributed by atoms with Crippen molar-refractivity contribution in [3.8, 4) is 5.69 Å². The molecule has 2 heterocycles. The highest BCUT2D eigenvalue weighted by molar-refractivity contribution is 5.97. The minimum atomic E-state index is -0.102. The molecule has 1 aromatic carbocycles. The molecule has 7 nitrogen and oxygen atoms in total. The molecule has 3 rings (SSSR count). The van der Waals surface area contributed by atoms with Crippen molar-refractivity contribution in [2.24, 2.45) is 0 Å². The summed E-state index contributed by atoms with van der Waals surface area (Å²) in [4.78, 5) is 18.4. The monoisotopic (exact) mass is 294 g/mol. The second kappa shape index (κ2) is 6.13. The standard InChI is InChI=1S/C15H14N6O/c1-20(10-12-5-4-8-16-9-12)15(22)13-6-2-3-7-14(13)21-11-17-18-19-21/h2-9,11H,10H2,1H3. The molecule has 0 saturated carbocycles. The smallest absolute Gasteiger partial charge is 0.256 e. The minimum Gasteiger partial charge on any atom is -0.337 e. The maximum Gasteiger partial charge on any atom is 0.256 e. The van der Waals surface area contributed by atoms with E-state index in [2.05, 4.69) is 20.5 Å². The Bertz CT molecular complexity index is 757. The van der Waals surface area contributed by atoms with Gasteiger partial charge in [-0.25, -0.2) is 0 Å². The number of hydrogen-bond donors (Lipinski definition) is 0. The molecule has 0 spiro atoms. The van der Waals surface area contributed by atoms with Crippen LogP contribution >= 0.6 is 0 Å². The van der Waals surface area contributed by atoms with E-state index in [9.17, 15) is 4.79 Å². The van der Waals surface area contributed by atoms with Crippen molar-refractivity contribution in [2.75, 3.05) is 7.05 Å². The highest BCUT2D eigenvalue weighted by Gasteiger charge is 2.17. The highest BCUT2D eigenvalue weighted by Crippen LogP contribution is 2.15. The van der Waals surface area contributed by atoms with E-state index in [-0.39, 0.29) is 5.91 Å². The second-order valence-corrected chi connectivity index (χ2v) is 4.79. The molecule has 0 aliphatic rings. The first-order valence-corrected chi connectivity index (χ1v) is 6.72. The molecule has 22 heavy (non-hydrogen) atoms. The van der Waals surface area contributed by atoms with E-state index in [0.717, 1.165) is 5.56 Å². The predicted molar refractivity (Wildman–Crippen MR) is 79.2 cm³/mol. The van der Waals surface area contributed by atoms with Crippen molar-refractivity contribution >= 4 is 5.91 Å². The number of tetrazole rings is 1. The highest BCUT2D eigenvalue weighted by atomic mass is 16.2. The van der Waals surface area contributed by atoms with E-state index < -0.39 is 0 Å². The number of carbonyl (C=O) groups is 1. The lowest BCUT2D eigenvalue weighted by Crippen LogP contribution is -2.27. The predicted octanol–water partition coefficient (Wildman–Crippen LogP) is 1.33. The van der Waals surface area contributed by atoms with Gasteiger partial charge < -0.3 is 4.90 Å². The molecule has 0 fully saturated rings. The summed E-state index contributed by atoms with van der Waals surface area (Å²) in [6.07, 6.45) is 4.92. The summed E-state index contributed by atoms with van der Waals surface area (Å²) in [7, 11) is 1.76. The lowest BCUT2D eigenvalue weighted by atomic mass is 10.1. The van der Waals surface area contributed by atoms with Crippen LogP contribution in [0.1, 0.15) is 15.9 Å². The first-order chi connectivity index (χ1) is 10.8. The molecule has 0 radical (unpaired) electrons. The van der Waals surface area contributed by atoms with Crippen LogP contribution in [0.2, 0.25) is 0 Å². The van der Waals surface area contributed by atoms with Crippen LogP contribution in [0, 0.1) is 0 Å². The summed E-state index contributed by atoms with van der Waals surface area (Å²) < 4.78 is 1.48. The molecule has 0 atom stereocenters.